The SMILES string of the molecule is Cc1nc2ccccc2n1C(C)CC(C)N. The van der Waals surface area contributed by atoms with Gasteiger partial charge in [0.05, 0.1) is 11.0 Å². The fraction of sp³-hybridized carbons (Fsp3) is 0.462. The van der Waals surface area contributed by atoms with Crippen molar-refractivity contribution in [2.45, 2.75) is 39.3 Å². The summed E-state index contributed by atoms with van der Waals surface area (Å²) < 4.78 is 2.28. The number of nitrogens with two attached hydrogens (primary N) is 1. The average molecular weight is 217 g/mol. The summed E-state index contributed by atoms with van der Waals surface area (Å²) in [5.41, 5.74) is 8.13. The fourth-order valence-corrected chi connectivity index (χ4v) is 2.36. The van der Waals surface area contributed by atoms with E-state index in [1.807, 2.05) is 13.0 Å². The molecule has 1 heterocycles. The predicted molar refractivity (Wildman–Crippen MR) is 67.4 cm³/mol. The molecular weight excluding hydrogens is 198 g/mol. The van der Waals surface area contributed by atoms with Crippen LogP contribution >= 0.6 is 0 Å². The van der Waals surface area contributed by atoms with Crippen LogP contribution in [0.5, 0.6) is 0 Å². The maximum atomic E-state index is 5.86. The van der Waals surface area contributed by atoms with E-state index in [9.17, 15) is 0 Å². The molecule has 2 aromatic rings. The minimum Gasteiger partial charge on any atom is -0.328 e. The van der Waals surface area contributed by atoms with E-state index in [1.165, 1.54) is 5.52 Å². The van der Waals surface area contributed by atoms with Crippen LogP contribution in [0, 0.1) is 6.92 Å². The number of fused-ring (bicyclic) bond motifs is 1. The maximum Gasteiger partial charge on any atom is 0.106 e. The van der Waals surface area contributed by atoms with E-state index >= 15 is 0 Å². The normalized spacial score (nSPS) is 15.2. The molecule has 0 spiro atoms. The van der Waals surface area contributed by atoms with Crippen LogP contribution in [0.3, 0.4) is 0 Å². The summed E-state index contributed by atoms with van der Waals surface area (Å²) in [5, 5.41) is 0. The molecule has 0 fully saturated rings. The number of aromatic nitrogens is 2. The van der Waals surface area contributed by atoms with Gasteiger partial charge in [0.1, 0.15) is 5.82 Å². The zero-order valence-corrected chi connectivity index (χ0v) is 10.1. The zero-order chi connectivity index (χ0) is 11.7. The molecule has 0 saturated heterocycles. The van der Waals surface area contributed by atoms with E-state index < -0.39 is 0 Å². The Morgan fingerprint density at radius 1 is 1.31 bits per heavy atom. The molecule has 0 saturated carbocycles. The van der Waals surface area contributed by atoms with Crippen molar-refractivity contribution >= 4 is 11.0 Å². The van der Waals surface area contributed by atoms with Crippen LogP contribution in [0.15, 0.2) is 24.3 Å². The van der Waals surface area contributed by atoms with Gasteiger partial charge in [-0.05, 0) is 39.3 Å². The van der Waals surface area contributed by atoms with Gasteiger partial charge in [0.2, 0.25) is 0 Å². The molecule has 1 aromatic heterocycles. The number of hydrogen-bond acceptors (Lipinski definition) is 2. The molecule has 2 rings (SSSR count). The Labute approximate surface area is 96.3 Å². The van der Waals surface area contributed by atoms with Gasteiger partial charge in [0, 0.05) is 12.1 Å². The number of hydrogen-bond donors (Lipinski definition) is 1. The van der Waals surface area contributed by atoms with Gasteiger partial charge in [0.25, 0.3) is 0 Å². The van der Waals surface area contributed by atoms with Gasteiger partial charge < -0.3 is 10.3 Å². The molecule has 0 aliphatic rings. The topological polar surface area (TPSA) is 43.8 Å². The van der Waals surface area contributed by atoms with Crippen LogP contribution in [0.1, 0.15) is 32.1 Å². The zero-order valence-electron chi connectivity index (χ0n) is 10.1. The number of rotatable bonds is 3. The Hall–Kier alpha value is -1.35. The van der Waals surface area contributed by atoms with Crippen molar-refractivity contribution in [1.29, 1.82) is 0 Å². The van der Waals surface area contributed by atoms with Crippen molar-refractivity contribution < 1.29 is 0 Å². The molecule has 0 aliphatic carbocycles. The van der Waals surface area contributed by atoms with Crippen molar-refractivity contribution in [2.24, 2.45) is 5.73 Å². The molecule has 0 aliphatic heterocycles. The largest absolute Gasteiger partial charge is 0.328 e. The standard InChI is InChI=1S/C13H19N3/c1-9(14)8-10(2)16-11(3)15-12-6-4-5-7-13(12)16/h4-7,9-10H,8,14H2,1-3H3. The highest BCUT2D eigenvalue weighted by Crippen LogP contribution is 2.23. The second kappa shape index (κ2) is 4.26. The summed E-state index contributed by atoms with van der Waals surface area (Å²) in [6, 6.07) is 8.86. The number of aryl methyl sites for hydroxylation is 1. The number of nitrogens with zero attached hydrogens (tertiary/aromatic N) is 2. The van der Waals surface area contributed by atoms with Gasteiger partial charge in [-0.3, -0.25) is 0 Å². The Bertz CT molecular complexity index is 485. The van der Waals surface area contributed by atoms with Gasteiger partial charge in [-0.25, -0.2) is 4.98 Å². The van der Waals surface area contributed by atoms with Crippen LogP contribution in [0.2, 0.25) is 0 Å². The first kappa shape index (κ1) is 11.1. The average Bonchev–Trinajstić information content (AvgIpc) is 2.52. The predicted octanol–water partition coefficient (Wildman–Crippen LogP) is 2.64. The van der Waals surface area contributed by atoms with Crippen LogP contribution in [0.25, 0.3) is 11.0 Å². The lowest BCUT2D eigenvalue weighted by molar-refractivity contribution is 0.467. The molecule has 0 amide bonds. The lowest BCUT2D eigenvalue weighted by Crippen LogP contribution is -2.20. The van der Waals surface area contributed by atoms with E-state index in [0.717, 1.165) is 17.8 Å². The Morgan fingerprint density at radius 3 is 2.69 bits per heavy atom. The van der Waals surface area contributed by atoms with E-state index in [-0.39, 0.29) is 6.04 Å². The molecule has 0 bridgehead atoms. The lowest BCUT2D eigenvalue weighted by Gasteiger charge is -2.18. The summed E-state index contributed by atoms with van der Waals surface area (Å²) in [6.45, 7) is 6.30. The number of para-hydroxylation sites is 2. The Kier molecular flexibility index (Phi) is 2.97. The van der Waals surface area contributed by atoms with Gasteiger partial charge in [-0.1, -0.05) is 12.1 Å². The van der Waals surface area contributed by atoms with Gasteiger partial charge >= 0.3 is 0 Å². The highest BCUT2D eigenvalue weighted by atomic mass is 15.1. The molecule has 3 nitrogen and oxygen atoms in total. The highest BCUT2D eigenvalue weighted by molar-refractivity contribution is 5.76. The van der Waals surface area contributed by atoms with E-state index in [1.54, 1.807) is 0 Å². The molecule has 16 heavy (non-hydrogen) atoms. The molecule has 86 valence electrons. The minimum absolute atomic E-state index is 0.218. The van der Waals surface area contributed by atoms with Crippen molar-refractivity contribution in [3.05, 3.63) is 30.1 Å². The van der Waals surface area contributed by atoms with E-state index in [4.69, 9.17) is 5.73 Å². The van der Waals surface area contributed by atoms with Crippen LogP contribution < -0.4 is 5.73 Å². The lowest BCUT2D eigenvalue weighted by atomic mass is 10.1. The first-order valence-corrected chi connectivity index (χ1v) is 5.78. The van der Waals surface area contributed by atoms with Gasteiger partial charge in [0.15, 0.2) is 0 Å². The number of imidazole rings is 1. The smallest absolute Gasteiger partial charge is 0.106 e. The van der Waals surface area contributed by atoms with Crippen molar-refractivity contribution in [3.63, 3.8) is 0 Å². The Balaban J connectivity index is 2.46. The summed E-state index contributed by atoms with van der Waals surface area (Å²) in [5.74, 6) is 1.06. The minimum atomic E-state index is 0.218. The summed E-state index contributed by atoms with van der Waals surface area (Å²) >= 11 is 0. The first-order chi connectivity index (χ1) is 7.59. The molecule has 2 atom stereocenters. The van der Waals surface area contributed by atoms with Gasteiger partial charge in [-0.2, -0.15) is 0 Å². The summed E-state index contributed by atoms with van der Waals surface area (Å²) in [7, 11) is 0. The molecule has 1 aromatic carbocycles. The summed E-state index contributed by atoms with van der Waals surface area (Å²) in [6.07, 6.45) is 0.973. The Morgan fingerprint density at radius 2 is 2.00 bits per heavy atom. The van der Waals surface area contributed by atoms with Crippen LogP contribution in [-0.4, -0.2) is 15.6 Å². The summed E-state index contributed by atoms with van der Waals surface area (Å²) in [4.78, 5) is 4.56. The van der Waals surface area contributed by atoms with Crippen molar-refractivity contribution in [3.8, 4) is 0 Å². The highest BCUT2D eigenvalue weighted by Gasteiger charge is 2.13. The second-order valence-electron chi connectivity index (χ2n) is 4.58. The fourth-order valence-electron chi connectivity index (χ4n) is 2.36. The second-order valence-corrected chi connectivity index (χ2v) is 4.58. The third-order valence-corrected chi connectivity index (χ3v) is 2.93. The molecule has 0 radical (unpaired) electrons. The van der Waals surface area contributed by atoms with Crippen molar-refractivity contribution in [1.82, 2.24) is 9.55 Å². The van der Waals surface area contributed by atoms with Crippen LogP contribution in [0.4, 0.5) is 0 Å². The monoisotopic (exact) mass is 217 g/mol. The van der Waals surface area contributed by atoms with Crippen LogP contribution in [-0.2, 0) is 0 Å². The molecule has 3 heteroatoms. The van der Waals surface area contributed by atoms with E-state index in [0.29, 0.717) is 6.04 Å². The first-order valence-electron chi connectivity index (χ1n) is 5.78. The van der Waals surface area contributed by atoms with E-state index in [2.05, 4.69) is 41.6 Å². The molecular formula is C13H19N3. The van der Waals surface area contributed by atoms with Gasteiger partial charge in [-0.15, -0.1) is 0 Å². The number of benzene rings is 1. The molecule has 2 N–H and O–H groups in total. The maximum absolute atomic E-state index is 5.86. The third-order valence-electron chi connectivity index (χ3n) is 2.93. The quantitative estimate of drug-likeness (QED) is 0.859. The van der Waals surface area contributed by atoms with Crippen molar-refractivity contribution in [2.75, 3.05) is 0 Å². The third kappa shape index (κ3) is 1.95. The molecule has 2 unspecified atom stereocenters.